The van der Waals surface area contributed by atoms with E-state index in [0.29, 0.717) is 0 Å². The van der Waals surface area contributed by atoms with Gasteiger partial charge in [0.1, 0.15) is 0 Å². The topological polar surface area (TPSA) is 49.3 Å². The summed E-state index contributed by atoms with van der Waals surface area (Å²) in [4.78, 5) is 10.7. The molecule has 0 saturated carbocycles. The highest BCUT2D eigenvalue weighted by Gasteiger charge is 2.32. The highest BCUT2D eigenvalue weighted by Crippen LogP contribution is 2.22. The minimum Gasteiger partial charge on any atom is -0.481 e. The number of halogens is 3. The van der Waals surface area contributed by atoms with Gasteiger partial charge in [-0.1, -0.05) is 0 Å². The Morgan fingerprint density at radius 1 is 1.40 bits per heavy atom. The van der Waals surface area contributed by atoms with Crippen molar-refractivity contribution in [2.45, 2.75) is 39.4 Å². The molecular weight excluding hydrogens is 211 g/mol. The van der Waals surface area contributed by atoms with Crippen molar-refractivity contribution in [2.24, 2.45) is 5.41 Å². The molecule has 15 heavy (non-hydrogen) atoms. The van der Waals surface area contributed by atoms with E-state index in [9.17, 15) is 18.0 Å². The lowest BCUT2D eigenvalue weighted by Crippen LogP contribution is -2.41. The molecule has 90 valence electrons. The lowest BCUT2D eigenvalue weighted by Gasteiger charge is -2.23. The standard InChI is InChI=1S/C9H16F3NO2/c1-6(4-9(10,11)12)13-5-8(2,3)7(14)15/h6,13H,4-5H2,1-3H3,(H,14,15). The van der Waals surface area contributed by atoms with Gasteiger partial charge in [0.25, 0.3) is 0 Å². The van der Waals surface area contributed by atoms with Gasteiger partial charge in [-0.2, -0.15) is 13.2 Å². The third-order valence-corrected chi connectivity index (χ3v) is 2.01. The van der Waals surface area contributed by atoms with Crippen LogP contribution in [0, 0.1) is 5.41 Å². The Hall–Kier alpha value is -0.780. The third-order valence-electron chi connectivity index (χ3n) is 2.01. The normalized spacial score (nSPS) is 15.1. The maximum Gasteiger partial charge on any atom is 0.390 e. The molecule has 0 aliphatic heterocycles. The van der Waals surface area contributed by atoms with Crippen molar-refractivity contribution in [3.63, 3.8) is 0 Å². The van der Waals surface area contributed by atoms with E-state index in [0.717, 1.165) is 0 Å². The predicted octanol–water partition coefficient (Wildman–Crippen LogP) is 2.03. The van der Waals surface area contributed by atoms with Crippen LogP contribution in [0.4, 0.5) is 13.2 Å². The van der Waals surface area contributed by atoms with Crippen LogP contribution in [0.25, 0.3) is 0 Å². The first-order valence-corrected chi connectivity index (χ1v) is 4.58. The Morgan fingerprint density at radius 3 is 2.20 bits per heavy atom. The van der Waals surface area contributed by atoms with Gasteiger partial charge in [-0.3, -0.25) is 4.79 Å². The van der Waals surface area contributed by atoms with Gasteiger partial charge in [-0.05, 0) is 20.8 Å². The number of carbonyl (C=O) groups is 1. The maximum atomic E-state index is 11.9. The molecule has 0 aliphatic rings. The summed E-state index contributed by atoms with van der Waals surface area (Å²) in [5, 5.41) is 11.3. The number of hydrogen-bond donors (Lipinski definition) is 2. The number of hydrogen-bond acceptors (Lipinski definition) is 2. The van der Waals surface area contributed by atoms with E-state index in [-0.39, 0.29) is 6.54 Å². The van der Waals surface area contributed by atoms with E-state index >= 15 is 0 Å². The minimum atomic E-state index is -4.22. The molecule has 0 fully saturated rings. The van der Waals surface area contributed by atoms with Crippen molar-refractivity contribution in [1.29, 1.82) is 0 Å². The Kier molecular flexibility index (Phi) is 4.58. The van der Waals surface area contributed by atoms with Crippen LogP contribution in [0.3, 0.4) is 0 Å². The molecular formula is C9H16F3NO2. The molecule has 0 aliphatic carbocycles. The van der Waals surface area contributed by atoms with E-state index in [4.69, 9.17) is 5.11 Å². The highest BCUT2D eigenvalue weighted by molar-refractivity contribution is 5.73. The molecule has 0 radical (unpaired) electrons. The summed E-state index contributed by atoms with van der Waals surface area (Å²) in [6.45, 7) is 4.32. The summed E-state index contributed by atoms with van der Waals surface area (Å²) < 4.78 is 35.8. The Labute approximate surface area is 86.7 Å². The average molecular weight is 227 g/mol. The summed E-state index contributed by atoms with van der Waals surface area (Å²) in [6, 6.07) is -0.774. The van der Waals surface area contributed by atoms with E-state index in [1.807, 2.05) is 0 Å². The van der Waals surface area contributed by atoms with Gasteiger partial charge in [0.05, 0.1) is 11.8 Å². The van der Waals surface area contributed by atoms with Crippen LogP contribution in [0.15, 0.2) is 0 Å². The molecule has 0 aromatic heterocycles. The molecule has 3 nitrogen and oxygen atoms in total. The first kappa shape index (κ1) is 14.2. The predicted molar refractivity (Wildman–Crippen MR) is 49.6 cm³/mol. The molecule has 1 atom stereocenters. The van der Waals surface area contributed by atoms with Gasteiger partial charge >= 0.3 is 12.1 Å². The van der Waals surface area contributed by atoms with Gasteiger partial charge in [0.15, 0.2) is 0 Å². The zero-order valence-corrected chi connectivity index (χ0v) is 8.98. The molecule has 0 amide bonds. The molecule has 0 spiro atoms. The van der Waals surface area contributed by atoms with E-state index in [1.54, 1.807) is 0 Å². The fraction of sp³-hybridized carbons (Fsp3) is 0.889. The number of nitrogens with one attached hydrogen (secondary N) is 1. The molecule has 0 saturated heterocycles. The van der Waals surface area contributed by atoms with Crippen LogP contribution >= 0.6 is 0 Å². The second-order valence-corrected chi connectivity index (χ2v) is 4.29. The van der Waals surface area contributed by atoms with Crippen molar-refractivity contribution in [3.05, 3.63) is 0 Å². The first-order valence-electron chi connectivity index (χ1n) is 4.58. The summed E-state index contributed by atoms with van der Waals surface area (Å²) >= 11 is 0. The van der Waals surface area contributed by atoms with Crippen LogP contribution in [0.1, 0.15) is 27.2 Å². The van der Waals surface area contributed by atoms with Crippen molar-refractivity contribution >= 4 is 5.97 Å². The second-order valence-electron chi connectivity index (χ2n) is 4.29. The zero-order valence-electron chi connectivity index (χ0n) is 8.98. The molecule has 0 aromatic rings. The number of alkyl halides is 3. The van der Waals surface area contributed by atoms with Crippen LogP contribution in [-0.4, -0.2) is 29.8 Å². The van der Waals surface area contributed by atoms with Crippen molar-refractivity contribution in [2.75, 3.05) is 6.54 Å². The van der Waals surface area contributed by atoms with Gasteiger partial charge in [0, 0.05) is 12.6 Å². The second kappa shape index (κ2) is 4.83. The number of rotatable bonds is 5. The molecule has 0 heterocycles. The molecule has 6 heteroatoms. The molecule has 0 rings (SSSR count). The maximum absolute atomic E-state index is 11.9. The molecule has 0 bridgehead atoms. The van der Waals surface area contributed by atoms with Crippen LogP contribution in [0.2, 0.25) is 0 Å². The third kappa shape index (κ3) is 6.33. The fourth-order valence-corrected chi connectivity index (χ4v) is 0.924. The lowest BCUT2D eigenvalue weighted by molar-refractivity contribution is -0.147. The van der Waals surface area contributed by atoms with Crippen LogP contribution in [0.5, 0.6) is 0 Å². The van der Waals surface area contributed by atoms with Gasteiger partial charge in [-0.25, -0.2) is 0 Å². The van der Waals surface area contributed by atoms with Gasteiger partial charge < -0.3 is 10.4 Å². The minimum absolute atomic E-state index is 0.0135. The number of carboxylic acids is 1. The molecule has 1 unspecified atom stereocenters. The van der Waals surface area contributed by atoms with Gasteiger partial charge in [-0.15, -0.1) is 0 Å². The van der Waals surface area contributed by atoms with Crippen molar-refractivity contribution < 1.29 is 23.1 Å². The Morgan fingerprint density at radius 2 is 1.87 bits per heavy atom. The van der Waals surface area contributed by atoms with Crippen LogP contribution in [-0.2, 0) is 4.79 Å². The fourth-order valence-electron chi connectivity index (χ4n) is 0.924. The Bertz CT molecular complexity index is 226. The average Bonchev–Trinajstić information content (AvgIpc) is 1.97. The molecule has 2 N–H and O–H groups in total. The van der Waals surface area contributed by atoms with E-state index in [1.165, 1.54) is 20.8 Å². The smallest absolute Gasteiger partial charge is 0.390 e. The van der Waals surface area contributed by atoms with Crippen molar-refractivity contribution in [1.82, 2.24) is 5.32 Å². The quantitative estimate of drug-likeness (QED) is 0.755. The van der Waals surface area contributed by atoms with Gasteiger partial charge in [0.2, 0.25) is 0 Å². The SMILES string of the molecule is CC(CC(F)(F)F)NCC(C)(C)C(=O)O. The summed E-state index contributed by atoms with van der Waals surface area (Å²) in [7, 11) is 0. The summed E-state index contributed by atoms with van der Waals surface area (Å²) in [6.07, 6.45) is -5.18. The van der Waals surface area contributed by atoms with Crippen molar-refractivity contribution in [3.8, 4) is 0 Å². The zero-order chi connectivity index (χ0) is 12.3. The van der Waals surface area contributed by atoms with E-state index < -0.39 is 30.0 Å². The lowest BCUT2D eigenvalue weighted by atomic mass is 9.93. The van der Waals surface area contributed by atoms with Crippen LogP contribution < -0.4 is 5.32 Å². The Balaban J connectivity index is 4.01. The molecule has 0 aromatic carbocycles. The number of aliphatic carboxylic acids is 1. The summed E-state index contributed by atoms with van der Waals surface area (Å²) in [5.74, 6) is -1.03. The van der Waals surface area contributed by atoms with E-state index in [2.05, 4.69) is 5.32 Å². The monoisotopic (exact) mass is 227 g/mol. The first-order chi connectivity index (χ1) is 6.54. The largest absolute Gasteiger partial charge is 0.481 e. The number of carboxylic acid groups (broad SMARTS) is 1. The highest BCUT2D eigenvalue weighted by atomic mass is 19.4. The summed E-state index contributed by atoms with van der Waals surface area (Å²) in [5.41, 5.74) is -1.06.